The lowest BCUT2D eigenvalue weighted by Gasteiger charge is -2.31. The van der Waals surface area contributed by atoms with Crippen LogP contribution in [-0.2, 0) is 32.4 Å². The Bertz CT molecular complexity index is 1280. The number of nitrogens with zero attached hydrogens (tertiary/aromatic N) is 2. The molecule has 10 heteroatoms. The van der Waals surface area contributed by atoms with Crippen LogP contribution in [0.4, 0.5) is 0 Å². The summed E-state index contributed by atoms with van der Waals surface area (Å²) in [6, 6.07) is 4.58. The molecule has 3 heterocycles. The maximum absolute atomic E-state index is 13.5. The molecule has 5 rings (SSSR count). The number of carboxylic acid groups (broad SMARTS) is 1. The summed E-state index contributed by atoms with van der Waals surface area (Å²) >= 11 is 0. The minimum atomic E-state index is -3.84. The third-order valence-corrected chi connectivity index (χ3v) is 9.67. The number of piperidine rings is 1. The second-order valence-corrected chi connectivity index (χ2v) is 12.2. The molecule has 36 heavy (non-hydrogen) atoms. The van der Waals surface area contributed by atoms with Crippen molar-refractivity contribution in [3.8, 4) is 0 Å². The fourth-order valence-electron chi connectivity index (χ4n) is 5.67. The molecule has 1 aliphatic carbocycles. The number of hydrogen-bond donors (Lipinski definition) is 2. The van der Waals surface area contributed by atoms with Gasteiger partial charge in [0.2, 0.25) is 15.9 Å². The van der Waals surface area contributed by atoms with Crippen molar-refractivity contribution in [2.45, 2.75) is 62.9 Å². The van der Waals surface area contributed by atoms with E-state index in [0.29, 0.717) is 42.6 Å². The molecule has 0 spiro atoms. The molecule has 0 radical (unpaired) electrons. The van der Waals surface area contributed by atoms with Gasteiger partial charge < -0.3 is 15.2 Å². The Morgan fingerprint density at radius 1 is 1.19 bits per heavy atom. The van der Waals surface area contributed by atoms with Crippen LogP contribution in [0.2, 0.25) is 0 Å². The van der Waals surface area contributed by atoms with Gasteiger partial charge in [-0.1, -0.05) is 6.92 Å². The van der Waals surface area contributed by atoms with E-state index in [1.54, 1.807) is 6.07 Å². The average molecular weight is 516 g/mol. The molecular formula is C26H33N3O6S. The van der Waals surface area contributed by atoms with Crippen molar-refractivity contribution in [2.75, 3.05) is 26.2 Å². The largest absolute Gasteiger partial charge is 0.478 e. The van der Waals surface area contributed by atoms with Crippen LogP contribution >= 0.6 is 0 Å². The highest BCUT2D eigenvalue weighted by Crippen LogP contribution is 2.33. The smallest absolute Gasteiger partial charge is 0.336 e. The van der Waals surface area contributed by atoms with Gasteiger partial charge in [-0.15, -0.1) is 0 Å². The number of pyridine rings is 1. The molecule has 2 fully saturated rings. The van der Waals surface area contributed by atoms with E-state index >= 15 is 0 Å². The number of amides is 1. The highest BCUT2D eigenvalue weighted by Gasteiger charge is 2.33. The van der Waals surface area contributed by atoms with Gasteiger partial charge in [-0.05, 0) is 74.6 Å². The van der Waals surface area contributed by atoms with Crippen LogP contribution in [-0.4, -0.2) is 67.0 Å². The first-order valence-electron chi connectivity index (χ1n) is 12.8. The minimum Gasteiger partial charge on any atom is -0.478 e. The summed E-state index contributed by atoms with van der Waals surface area (Å²) in [6.07, 6.45) is 5.22. The Kier molecular flexibility index (Phi) is 7.02. The molecule has 0 saturated carbocycles. The molecule has 2 saturated heterocycles. The van der Waals surface area contributed by atoms with Gasteiger partial charge in [-0.25, -0.2) is 13.2 Å². The van der Waals surface area contributed by atoms with Gasteiger partial charge >= 0.3 is 5.97 Å². The molecule has 2 atom stereocenters. The van der Waals surface area contributed by atoms with Gasteiger partial charge in [-0.3, -0.25) is 9.78 Å². The monoisotopic (exact) mass is 515 g/mol. The first kappa shape index (κ1) is 25.1. The molecule has 9 nitrogen and oxygen atoms in total. The Balaban J connectivity index is 1.34. The van der Waals surface area contributed by atoms with Crippen molar-refractivity contribution in [3.05, 3.63) is 35.0 Å². The van der Waals surface area contributed by atoms with Gasteiger partial charge in [0.15, 0.2) is 0 Å². The predicted molar refractivity (Wildman–Crippen MR) is 133 cm³/mol. The Morgan fingerprint density at radius 2 is 1.97 bits per heavy atom. The number of aryl methyl sites for hydroxylation is 1. The van der Waals surface area contributed by atoms with E-state index in [9.17, 15) is 23.1 Å². The fourth-order valence-corrected chi connectivity index (χ4v) is 7.17. The summed E-state index contributed by atoms with van der Waals surface area (Å²) in [5, 5.41) is 13.3. The zero-order valence-electron chi connectivity index (χ0n) is 20.5. The van der Waals surface area contributed by atoms with Gasteiger partial charge in [0.1, 0.15) is 0 Å². The van der Waals surface area contributed by atoms with Gasteiger partial charge in [0.05, 0.1) is 22.1 Å². The van der Waals surface area contributed by atoms with Gasteiger partial charge in [0, 0.05) is 43.2 Å². The van der Waals surface area contributed by atoms with Crippen molar-refractivity contribution in [1.82, 2.24) is 14.6 Å². The number of aromatic carboxylic acids is 1. The summed E-state index contributed by atoms with van der Waals surface area (Å²) in [5.74, 6) is -0.988. The number of carbonyl (C=O) groups is 2. The lowest BCUT2D eigenvalue weighted by Crippen LogP contribution is -2.44. The van der Waals surface area contributed by atoms with E-state index in [0.717, 1.165) is 43.5 Å². The van der Waals surface area contributed by atoms with Gasteiger partial charge in [0.25, 0.3) is 0 Å². The van der Waals surface area contributed by atoms with E-state index in [2.05, 4.69) is 17.2 Å². The van der Waals surface area contributed by atoms with Crippen LogP contribution in [0.15, 0.2) is 23.1 Å². The lowest BCUT2D eigenvalue weighted by molar-refractivity contribution is -0.126. The SMILES string of the molecule is C[C@@H]1CCc2nc3ccc(S(=O)(=O)N4CCC(C(=O)NC[C@H]5CCCO5)CC4)cc3c(C(=O)O)c2C1. The number of hydrogen-bond acceptors (Lipinski definition) is 6. The topological polar surface area (TPSA) is 126 Å². The second kappa shape index (κ2) is 10.1. The van der Waals surface area contributed by atoms with Crippen LogP contribution in [0.3, 0.4) is 0 Å². The molecule has 1 amide bonds. The lowest BCUT2D eigenvalue weighted by atomic mass is 9.84. The summed E-state index contributed by atoms with van der Waals surface area (Å²) in [4.78, 5) is 29.6. The predicted octanol–water partition coefficient (Wildman–Crippen LogP) is 2.75. The summed E-state index contributed by atoms with van der Waals surface area (Å²) in [5.41, 5.74) is 2.19. The maximum atomic E-state index is 13.5. The number of aromatic nitrogens is 1. The number of benzene rings is 1. The quantitative estimate of drug-likeness (QED) is 0.606. The van der Waals surface area contributed by atoms with Crippen LogP contribution in [0.5, 0.6) is 0 Å². The van der Waals surface area contributed by atoms with E-state index in [-0.39, 0.29) is 41.5 Å². The van der Waals surface area contributed by atoms with Crippen molar-refractivity contribution in [2.24, 2.45) is 11.8 Å². The van der Waals surface area contributed by atoms with Crippen molar-refractivity contribution < 1.29 is 27.9 Å². The van der Waals surface area contributed by atoms with Crippen LogP contribution in [0, 0.1) is 11.8 Å². The number of nitrogens with one attached hydrogen (secondary N) is 1. The van der Waals surface area contributed by atoms with Crippen LogP contribution in [0.25, 0.3) is 10.9 Å². The molecule has 2 aliphatic heterocycles. The van der Waals surface area contributed by atoms with Crippen molar-refractivity contribution in [3.63, 3.8) is 0 Å². The maximum Gasteiger partial charge on any atom is 0.336 e. The first-order valence-corrected chi connectivity index (χ1v) is 14.3. The fraction of sp³-hybridized carbons (Fsp3) is 0.577. The van der Waals surface area contributed by atoms with Crippen LogP contribution in [0.1, 0.15) is 60.6 Å². The number of carboxylic acids is 1. The minimum absolute atomic E-state index is 0.0515. The number of fused-ring (bicyclic) bond motifs is 2. The number of ether oxygens (including phenoxy) is 1. The molecule has 1 aromatic heterocycles. The van der Waals surface area contributed by atoms with E-state index in [1.165, 1.54) is 16.4 Å². The number of sulfonamides is 1. The molecule has 2 N–H and O–H groups in total. The third kappa shape index (κ3) is 4.86. The molecule has 194 valence electrons. The Morgan fingerprint density at radius 3 is 2.67 bits per heavy atom. The standard InChI is InChI=1S/C26H33N3O6S/c1-16-4-6-22-20(13-16)24(26(31)32)21-14-19(5-7-23(21)28-22)36(33,34)29-10-8-17(9-11-29)25(30)27-15-18-3-2-12-35-18/h5,7,14,16-18H,2-4,6,8-13,15H2,1H3,(H,27,30)(H,31,32)/t16-,18-/m1/s1. The van der Waals surface area contributed by atoms with E-state index in [4.69, 9.17) is 4.74 Å². The first-order chi connectivity index (χ1) is 17.2. The molecule has 0 unspecified atom stereocenters. The van der Waals surface area contributed by atoms with Crippen molar-refractivity contribution >= 4 is 32.8 Å². The molecule has 2 aromatic rings. The highest BCUT2D eigenvalue weighted by molar-refractivity contribution is 7.89. The highest BCUT2D eigenvalue weighted by atomic mass is 32.2. The zero-order chi connectivity index (χ0) is 25.4. The average Bonchev–Trinajstić information content (AvgIpc) is 3.39. The number of carbonyl (C=O) groups excluding carboxylic acids is 1. The molecular weight excluding hydrogens is 482 g/mol. The third-order valence-electron chi connectivity index (χ3n) is 7.77. The van der Waals surface area contributed by atoms with E-state index < -0.39 is 16.0 Å². The Hall–Kier alpha value is -2.56. The van der Waals surface area contributed by atoms with Crippen LogP contribution < -0.4 is 5.32 Å². The van der Waals surface area contributed by atoms with Gasteiger partial charge in [-0.2, -0.15) is 4.31 Å². The second-order valence-electron chi connectivity index (χ2n) is 10.3. The van der Waals surface area contributed by atoms with Crippen molar-refractivity contribution in [1.29, 1.82) is 0 Å². The summed E-state index contributed by atoms with van der Waals surface area (Å²) < 4.78 is 33.9. The summed E-state index contributed by atoms with van der Waals surface area (Å²) in [7, 11) is -3.84. The van der Waals surface area contributed by atoms with E-state index in [1.807, 2.05) is 0 Å². The molecule has 1 aromatic carbocycles. The molecule has 0 bridgehead atoms. The summed E-state index contributed by atoms with van der Waals surface area (Å²) in [6.45, 7) is 3.80. The number of rotatable bonds is 6. The molecule has 3 aliphatic rings. The Labute approximate surface area is 211 Å². The normalized spacial score (nSPS) is 23.5. The zero-order valence-corrected chi connectivity index (χ0v) is 21.3.